The van der Waals surface area contributed by atoms with E-state index >= 15 is 0 Å². The predicted molar refractivity (Wildman–Crippen MR) is 393 cm³/mol. The van der Waals surface area contributed by atoms with Gasteiger partial charge in [0.2, 0.25) is 0 Å². The van der Waals surface area contributed by atoms with Gasteiger partial charge < -0.3 is 17.6 Å². The maximum Gasteiger partial charge on any atom is 0.146 e. The zero-order valence-electron chi connectivity index (χ0n) is 49.3. The summed E-state index contributed by atoms with van der Waals surface area (Å²) in [6, 6.07) is 95.2. The number of furan rings is 3. The Morgan fingerprint density at radius 2 is 0.819 bits per heavy atom. The van der Waals surface area contributed by atoms with Crippen molar-refractivity contribution < 1.29 is 27.2 Å². The van der Waals surface area contributed by atoms with E-state index < -0.39 is 9.60 Å². The molecule has 19 heteroatoms. The number of para-hydroxylation sites is 12. The monoisotopic (exact) mass is 1470 g/mol. The first kappa shape index (κ1) is 62.6. The number of imidazole rings is 3. The van der Waals surface area contributed by atoms with E-state index in [0.29, 0.717) is 0 Å². The first-order valence-electron chi connectivity index (χ1n) is 29.4. The van der Waals surface area contributed by atoms with Gasteiger partial charge in [-0.25, -0.2) is 15.0 Å². The number of benzene rings is 12. The summed E-state index contributed by atoms with van der Waals surface area (Å²) >= 11 is 3.43. The fourth-order valence-corrected chi connectivity index (χ4v) is 12.2. The van der Waals surface area contributed by atoms with Crippen molar-refractivity contribution in [3.8, 4) is 22.8 Å². The number of fused-ring (bicyclic) bond motifs is 19. The van der Waals surface area contributed by atoms with Crippen LogP contribution in [-0.4, -0.2) is 43.7 Å². The molecule has 12 aromatic carbocycles. The van der Waals surface area contributed by atoms with Gasteiger partial charge in [-0.1, -0.05) is 168 Å². The molecule has 3 radical (unpaired) electrons. The molecule has 0 amide bonds. The number of pyridine rings is 1. The number of rotatable bonds is 3. The van der Waals surface area contributed by atoms with Gasteiger partial charge >= 0.3 is 56.7 Å². The average Bonchev–Trinajstić information content (AvgIpc) is 1.46. The first-order chi connectivity index (χ1) is 45.7. The van der Waals surface area contributed by atoms with E-state index in [4.69, 9.17) is 70.3 Å². The molecule has 0 saturated carbocycles. The quantitative estimate of drug-likeness (QED) is 0.129. The van der Waals surface area contributed by atoms with Crippen molar-refractivity contribution in [2.45, 2.75) is 0 Å². The van der Waals surface area contributed by atoms with Crippen LogP contribution >= 0.6 is 63.0 Å². The third-order valence-electron chi connectivity index (χ3n) is 15.8. The molecular formula is C75H47B2BrCl5FMoN6O3. The average molecular weight is 1470 g/mol. The second kappa shape index (κ2) is 26.5. The number of nitrogens with zero attached hydrogens (tertiary/aromatic N) is 6. The second-order valence-corrected chi connectivity index (χ2v) is 52.9. The van der Waals surface area contributed by atoms with E-state index in [2.05, 4.69) is 206 Å². The molecule has 0 atom stereocenters. The van der Waals surface area contributed by atoms with Crippen molar-refractivity contribution in [1.29, 1.82) is 0 Å². The first-order valence-corrected chi connectivity index (χ1v) is 43.1. The third-order valence-corrected chi connectivity index (χ3v) is 16.3. The van der Waals surface area contributed by atoms with Gasteiger partial charge in [0.25, 0.3) is 7.45 Å². The molecule has 456 valence electrons. The predicted octanol–water partition coefficient (Wildman–Crippen LogP) is 23.8. The van der Waals surface area contributed by atoms with E-state index in [1.54, 1.807) is 0 Å². The van der Waals surface area contributed by atoms with E-state index in [1.807, 2.05) is 122 Å². The van der Waals surface area contributed by atoms with Gasteiger partial charge in [0.1, 0.15) is 51.3 Å². The normalized spacial score (nSPS) is 11.8. The van der Waals surface area contributed by atoms with Crippen LogP contribution in [0, 0.1) is 0 Å². The summed E-state index contributed by atoms with van der Waals surface area (Å²) in [6.45, 7) is 0. The largest absolute Gasteiger partial charge is 0.456 e. The van der Waals surface area contributed by atoms with Crippen molar-refractivity contribution in [2.75, 3.05) is 0 Å². The Morgan fingerprint density at radius 1 is 0.383 bits per heavy atom. The molecule has 19 aromatic rings. The second-order valence-electron chi connectivity index (χ2n) is 21.6. The zero-order valence-corrected chi connectivity index (χ0v) is 56.6. The van der Waals surface area contributed by atoms with Gasteiger partial charge in [-0.3, -0.25) is 13.5 Å². The Balaban J connectivity index is 0.000000108. The van der Waals surface area contributed by atoms with Gasteiger partial charge in [0, 0.05) is 64.5 Å². The van der Waals surface area contributed by atoms with Crippen molar-refractivity contribution in [3.05, 3.63) is 290 Å². The van der Waals surface area contributed by atoms with E-state index in [0.717, 1.165) is 126 Å². The van der Waals surface area contributed by atoms with Gasteiger partial charge in [0.05, 0.1) is 46.4 Å². The summed E-state index contributed by atoms with van der Waals surface area (Å²) in [6.07, 6.45) is 1.86. The molecule has 0 aliphatic rings. The summed E-state index contributed by atoms with van der Waals surface area (Å²) in [4.78, 5) is 14.3. The van der Waals surface area contributed by atoms with Gasteiger partial charge in [-0.05, 0) is 133 Å². The number of hydrogen-bond acceptors (Lipinski definition) is 6. The summed E-state index contributed by atoms with van der Waals surface area (Å²) in [7, 11) is 25.0. The van der Waals surface area contributed by atoms with Crippen molar-refractivity contribution in [2.24, 2.45) is 0 Å². The zero-order chi connectivity index (χ0) is 64.5. The van der Waals surface area contributed by atoms with Gasteiger partial charge in [-0.15, -0.1) is 0 Å². The Kier molecular flexibility index (Phi) is 17.6. The summed E-state index contributed by atoms with van der Waals surface area (Å²) < 4.78 is 35.5. The Labute approximate surface area is 567 Å². The summed E-state index contributed by atoms with van der Waals surface area (Å²) in [5, 5.41) is 10.4. The van der Waals surface area contributed by atoms with E-state index in [9.17, 15) is 4.32 Å². The molecule has 0 fully saturated rings. The molecular weight excluding hydrogens is 1430 g/mol. The molecule has 7 aromatic heterocycles. The SMILES string of the molecule is Brc1ccc2c(c1)oc1ccccc12.[B][B]F.[Cl][Mo]([Cl])([Cl])([Cl])[Cl].c1ccc(-n2c(-c3ccc4c(c3)oc3ccccc34)nc3ccccc32)cc1.c1ccc(-n2cnc3ccccc32)cc1.c1ccc2c(c1)nc1c3cc4oc5ccccc5c4cc3c3ccccc3n21. The number of halogens is 7. The third kappa shape index (κ3) is 13.1. The van der Waals surface area contributed by atoms with Crippen LogP contribution in [0.4, 0.5) is 4.32 Å². The minimum atomic E-state index is -4.26. The maximum atomic E-state index is 9.94. The smallest absolute Gasteiger partial charge is 0.146 e. The molecule has 7 heterocycles. The van der Waals surface area contributed by atoms with Crippen LogP contribution in [0.5, 0.6) is 0 Å². The molecule has 0 spiro atoms. The molecule has 0 aliphatic heterocycles. The molecule has 0 bridgehead atoms. The van der Waals surface area contributed by atoms with Crippen molar-refractivity contribution >= 4 is 204 Å². The fourth-order valence-electron chi connectivity index (χ4n) is 11.9. The summed E-state index contributed by atoms with van der Waals surface area (Å²) in [5.74, 6) is 0.912. The molecule has 9 nitrogen and oxygen atoms in total. The van der Waals surface area contributed by atoms with E-state index in [-0.39, 0.29) is 7.45 Å². The van der Waals surface area contributed by atoms with Crippen LogP contribution in [0.3, 0.4) is 0 Å². The van der Waals surface area contributed by atoms with Crippen LogP contribution < -0.4 is 0 Å². The molecule has 0 saturated heterocycles. The Morgan fingerprint density at radius 3 is 1.43 bits per heavy atom. The Hall–Kier alpha value is -8.87. The molecule has 0 unspecified atom stereocenters. The fraction of sp³-hybridized carbons (Fsp3) is 0. The number of hydrogen-bond donors (Lipinski definition) is 0. The van der Waals surface area contributed by atoms with E-state index in [1.165, 1.54) is 27.1 Å². The minimum absolute atomic E-state index is 0. The topological polar surface area (TPSA) is 92.4 Å². The molecule has 0 aliphatic carbocycles. The number of aromatic nitrogens is 6. The molecule has 0 N–H and O–H groups in total. The van der Waals surface area contributed by atoms with Crippen LogP contribution in [0.1, 0.15) is 0 Å². The summed E-state index contributed by atoms with van der Waals surface area (Å²) in [5.41, 5.74) is 17.3. The molecule has 19 rings (SSSR count). The van der Waals surface area contributed by atoms with Crippen LogP contribution in [0.25, 0.3) is 149 Å². The van der Waals surface area contributed by atoms with Crippen molar-refractivity contribution in [3.63, 3.8) is 0 Å². The minimum Gasteiger partial charge on any atom is -0.456 e. The van der Waals surface area contributed by atoms with Crippen LogP contribution in [0.2, 0.25) is 0 Å². The van der Waals surface area contributed by atoms with Gasteiger partial charge in [-0.2, -0.15) is 0 Å². The Bertz CT molecular complexity index is 5960. The van der Waals surface area contributed by atoms with Crippen LogP contribution in [-0.2, 0) is 9.60 Å². The maximum absolute atomic E-state index is 9.94. The van der Waals surface area contributed by atoms with Crippen molar-refractivity contribution in [1.82, 2.24) is 28.5 Å². The molecule has 94 heavy (non-hydrogen) atoms. The van der Waals surface area contributed by atoms with Crippen LogP contribution in [0.15, 0.2) is 303 Å². The standard InChI is InChI=1S/C25H14N2O.C25H16N2O.C13H10N2.C12H7BrO.B2F.5ClH.Mo/c1-4-10-21-15(7-1)17-13-18-16-8-2-6-12-23(16)28-24(18)14-19(17)25-26-20-9-3-5-11-22(20)27(21)25;1-2-8-18(9-3-1)27-22-12-6-5-11-21(22)26-25(27)17-14-15-20-19-10-4-7-13-23(19)28-24(20)16-17;1-2-6-11(7-3-1)15-10-14-12-8-4-5-9-13(12)15;13-8-5-6-10-9-3-1-2-4-11(9)14-12(10)7-8;1-2-3;;;;;;/h1-14H;1-16H;1-10H;1-7H;;5*1H;/q;;;;;;;;;;+5/p-5. The van der Waals surface area contributed by atoms with Gasteiger partial charge in [0.15, 0.2) is 0 Å².